The van der Waals surface area contributed by atoms with Crippen molar-refractivity contribution >= 4 is 11.6 Å². The Morgan fingerprint density at radius 3 is 2.95 bits per heavy atom. The SMILES string of the molecule is Cc1cccc(NC(=O)CNCc2nncn2C)c1. The van der Waals surface area contributed by atoms with E-state index in [0.29, 0.717) is 6.54 Å². The van der Waals surface area contributed by atoms with Gasteiger partial charge in [-0.2, -0.15) is 0 Å². The summed E-state index contributed by atoms with van der Waals surface area (Å²) in [6.45, 7) is 2.74. The molecule has 0 saturated carbocycles. The molecule has 0 unspecified atom stereocenters. The molecule has 1 heterocycles. The lowest BCUT2D eigenvalue weighted by molar-refractivity contribution is -0.115. The van der Waals surface area contributed by atoms with E-state index >= 15 is 0 Å². The first-order valence-corrected chi connectivity index (χ1v) is 6.05. The van der Waals surface area contributed by atoms with E-state index < -0.39 is 0 Å². The Balaban J connectivity index is 1.77. The molecule has 2 aromatic rings. The van der Waals surface area contributed by atoms with Crippen molar-refractivity contribution < 1.29 is 4.79 Å². The molecular formula is C13H17N5O. The van der Waals surface area contributed by atoms with Crippen molar-refractivity contribution in [2.45, 2.75) is 13.5 Å². The third kappa shape index (κ3) is 3.89. The van der Waals surface area contributed by atoms with E-state index in [2.05, 4.69) is 20.8 Å². The van der Waals surface area contributed by atoms with E-state index in [0.717, 1.165) is 17.1 Å². The molecule has 0 radical (unpaired) electrons. The minimum absolute atomic E-state index is 0.0761. The van der Waals surface area contributed by atoms with Gasteiger partial charge in [0, 0.05) is 12.7 Å². The van der Waals surface area contributed by atoms with Crippen LogP contribution in [0.5, 0.6) is 0 Å². The number of benzene rings is 1. The Morgan fingerprint density at radius 2 is 2.26 bits per heavy atom. The molecule has 1 amide bonds. The number of carbonyl (C=O) groups is 1. The highest BCUT2D eigenvalue weighted by atomic mass is 16.1. The number of anilines is 1. The Morgan fingerprint density at radius 1 is 1.42 bits per heavy atom. The van der Waals surface area contributed by atoms with E-state index in [9.17, 15) is 4.79 Å². The second-order valence-corrected chi connectivity index (χ2v) is 4.38. The van der Waals surface area contributed by atoms with Crippen LogP contribution in [0.1, 0.15) is 11.4 Å². The predicted molar refractivity (Wildman–Crippen MR) is 72.5 cm³/mol. The number of hydrogen-bond acceptors (Lipinski definition) is 4. The van der Waals surface area contributed by atoms with Gasteiger partial charge in [-0.3, -0.25) is 4.79 Å². The van der Waals surface area contributed by atoms with Gasteiger partial charge < -0.3 is 15.2 Å². The lowest BCUT2D eigenvalue weighted by Gasteiger charge is -2.07. The van der Waals surface area contributed by atoms with Crippen molar-refractivity contribution in [1.29, 1.82) is 0 Å². The predicted octanol–water partition coefficient (Wildman–Crippen LogP) is 0.852. The molecule has 2 rings (SSSR count). The maximum atomic E-state index is 11.7. The molecule has 6 heteroatoms. The summed E-state index contributed by atoms with van der Waals surface area (Å²) in [5, 5.41) is 13.6. The van der Waals surface area contributed by atoms with Crippen molar-refractivity contribution in [3.05, 3.63) is 42.0 Å². The monoisotopic (exact) mass is 259 g/mol. The number of nitrogens with zero attached hydrogens (tertiary/aromatic N) is 3. The highest BCUT2D eigenvalue weighted by Gasteiger charge is 2.04. The van der Waals surface area contributed by atoms with Gasteiger partial charge >= 0.3 is 0 Å². The fourth-order valence-corrected chi connectivity index (χ4v) is 1.68. The van der Waals surface area contributed by atoms with E-state index in [1.807, 2.05) is 42.8 Å². The summed E-state index contributed by atoms with van der Waals surface area (Å²) in [5.74, 6) is 0.719. The summed E-state index contributed by atoms with van der Waals surface area (Å²) >= 11 is 0. The van der Waals surface area contributed by atoms with Crippen LogP contribution in [0.3, 0.4) is 0 Å². The zero-order chi connectivity index (χ0) is 13.7. The molecule has 0 fully saturated rings. The summed E-state index contributed by atoms with van der Waals surface area (Å²) in [4.78, 5) is 11.7. The zero-order valence-corrected chi connectivity index (χ0v) is 11.1. The van der Waals surface area contributed by atoms with Crippen LogP contribution >= 0.6 is 0 Å². The molecule has 0 spiro atoms. The third-order valence-electron chi connectivity index (χ3n) is 2.68. The van der Waals surface area contributed by atoms with Gasteiger partial charge in [0.15, 0.2) is 0 Å². The number of nitrogens with one attached hydrogen (secondary N) is 2. The molecule has 1 aromatic heterocycles. The average molecular weight is 259 g/mol. The number of carbonyl (C=O) groups excluding carboxylic acids is 1. The van der Waals surface area contributed by atoms with Crippen molar-refractivity contribution in [1.82, 2.24) is 20.1 Å². The van der Waals surface area contributed by atoms with Crippen LogP contribution < -0.4 is 10.6 Å². The van der Waals surface area contributed by atoms with Crippen molar-refractivity contribution in [3.63, 3.8) is 0 Å². The molecule has 0 aliphatic carbocycles. The molecule has 19 heavy (non-hydrogen) atoms. The molecule has 100 valence electrons. The van der Waals surface area contributed by atoms with Crippen molar-refractivity contribution in [3.8, 4) is 0 Å². The standard InChI is InChI=1S/C13H17N5O/c1-10-4-3-5-11(6-10)16-13(19)8-14-7-12-17-15-9-18(12)2/h3-6,9,14H,7-8H2,1-2H3,(H,16,19). The van der Waals surface area contributed by atoms with Gasteiger partial charge in [-0.25, -0.2) is 0 Å². The first kappa shape index (κ1) is 13.2. The first-order chi connectivity index (χ1) is 9.15. The van der Waals surface area contributed by atoms with Crippen molar-refractivity contribution in [2.75, 3.05) is 11.9 Å². The summed E-state index contributed by atoms with van der Waals surface area (Å²) in [6, 6.07) is 7.70. The normalized spacial score (nSPS) is 10.4. The highest BCUT2D eigenvalue weighted by molar-refractivity contribution is 5.92. The Labute approximate surface area is 111 Å². The van der Waals surface area contributed by atoms with Gasteiger partial charge in [0.1, 0.15) is 12.2 Å². The van der Waals surface area contributed by atoms with E-state index in [4.69, 9.17) is 0 Å². The molecule has 2 N–H and O–H groups in total. The van der Waals surface area contributed by atoms with Gasteiger partial charge in [-0.05, 0) is 24.6 Å². The highest BCUT2D eigenvalue weighted by Crippen LogP contribution is 2.08. The number of aromatic nitrogens is 3. The zero-order valence-electron chi connectivity index (χ0n) is 11.1. The number of amides is 1. The summed E-state index contributed by atoms with van der Waals surface area (Å²) < 4.78 is 1.81. The minimum Gasteiger partial charge on any atom is -0.325 e. The van der Waals surface area contributed by atoms with Crippen LogP contribution in [0.25, 0.3) is 0 Å². The second-order valence-electron chi connectivity index (χ2n) is 4.38. The number of aryl methyl sites for hydroxylation is 2. The largest absolute Gasteiger partial charge is 0.325 e. The fraction of sp³-hybridized carbons (Fsp3) is 0.308. The van der Waals surface area contributed by atoms with Gasteiger partial charge in [0.2, 0.25) is 5.91 Å². The molecule has 1 aromatic carbocycles. The van der Waals surface area contributed by atoms with Crippen LogP contribution in [0, 0.1) is 6.92 Å². The van der Waals surface area contributed by atoms with Gasteiger partial charge in [0.05, 0.1) is 13.1 Å². The van der Waals surface area contributed by atoms with Crippen LogP contribution in [0.4, 0.5) is 5.69 Å². The first-order valence-electron chi connectivity index (χ1n) is 6.05. The number of hydrogen-bond donors (Lipinski definition) is 2. The second kappa shape index (κ2) is 6.10. The van der Waals surface area contributed by atoms with E-state index in [-0.39, 0.29) is 12.5 Å². The maximum absolute atomic E-state index is 11.7. The summed E-state index contributed by atoms with van der Waals surface area (Å²) in [6.07, 6.45) is 1.63. The third-order valence-corrected chi connectivity index (χ3v) is 2.68. The molecular weight excluding hydrogens is 242 g/mol. The fourth-order valence-electron chi connectivity index (χ4n) is 1.68. The van der Waals surface area contributed by atoms with Crippen LogP contribution in [0.15, 0.2) is 30.6 Å². The number of rotatable bonds is 5. The topological polar surface area (TPSA) is 71.8 Å². The Hall–Kier alpha value is -2.21. The summed E-state index contributed by atoms with van der Waals surface area (Å²) in [7, 11) is 1.86. The smallest absolute Gasteiger partial charge is 0.238 e. The minimum atomic E-state index is -0.0761. The Bertz CT molecular complexity index is 564. The van der Waals surface area contributed by atoms with Crippen molar-refractivity contribution in [2.24, 2.45) is 7.05 Å². The molecule has 6 nitrogen and oxygen atoms in total. The summed E-state index contributed by atoms with van der Waals surface area (Å²) in [5.41, 5.74) is 1.93. The maximum Gasteiger partial charge on any atom is 0.238 e. The van der Waals surface area contributed by atoms with E-state index in [1.165, 1.54) is 0 Å². The van der Waals surface area contributed by atoms with Gasteiger partial charge in [-0.1, -0.05) is 12.1 Å². The van der Waals surface area contributed by atoms with Crippen LogP contribution in [-0.2, 0) is 18.4 Å². The lowest BCUT2D eigenvalue weighted by atomic mass is 10.2. The molecule has 0 aliphatic rings. The molecule has 0 saturated heterocycles. The Kier molecular flexibility index (Phi) is 4.25. The van der Waals surface area contributed by atoms with Gasteiger partial charge in [0.25, 0.3) is 0 Å². The van der Waals surface area contributed by atoms with Crippen LogP contribution in [0.2, 0.25) is 0 Å². The molecule has 0 aliphatic heterocycles. The quantitative estimate of drug-likeness (QED) is 0.835. The molecule has 0 bridgehead atoms. The van der Waals surface area contributed by atoms with Gasteiger partial charge in [-0.15, -0.1) is 10.2 Å². The average Bonchev–Trinajstić information content (AvgIpc) is 2.75. The van der Waals surface area contributed by atoms with Crippen LogP contribution in [-0.4, -0.2) is 27.2 Å². The molecule has 0 atom stereocenters. The van der Waals surface area contributed by atoms with E-state index in [1.54, 1.807) is 6.33 Å². The lowest BCUT2D eigenvalue weighted by Crippen LogP contribution is -2.28.